The van der Waals surface area contributed by atoms with Gasteiger partial charge < -0.3 is 10.0 Å². The molecular formula is C15H13ClN2O2. The van der Waals surface area contributed by atoms with Gasteiger partial charge >= 0.3 is 0 Å². The lowest BCUT2D eigenvalue weighted by Gasteiger charge is -2.29. The number of fused-ring (bicyclic) bond motifs is 1. The van der Waals surface area contributed by atoms with E-state index in [2.05, 4.69) is 4.98 Å². The van der Waals surface area contributed by atoms with Gasteiger partial charge in [-0.25, -0.2) is 4.98 Å². The Balaban J connectivity index is 1.82. The van der Waals surface area contributed by atoms with Crippen LogP contribution >= 0.6 is 11.6 Å². The molecule has 2 aromatic rings. The fourth-order valence-electron chi connectivity index (χ4n) is 2.40. The summed E-state index contributed by atoms with van der Waals surface area (Å²) in [5.41, 5.74) is 2.70. The summed E-state index contributed by atoms with van der Waals surface area (Å²) >= 11 is 5.72. The summed E-state index contributed by atoms with van der Waals surface area (Å²) in [7, 11) is 0. The predicted molar refractivity (Wildman–Crippen MR) is 75.8 cm³/mol. The van der Waals surface area contributed by atoms with Crippen molar-refractivity contribution in [2.45, 2.75) is 13.0 Å². The Kier molecular flexibility index (Phi) is 3.32. The van der Waals surface area contributed by atoms with Gasteiger partial charge in [0, 0.05) is 19.3 Å². The van der Waals surface area contributed by atoms with Crippen LogP contribution in [-0.2, 0) is 13.0 Å². The first-order chi connectivity index (χ1) is 9.63. The molecule has 20 heavy (non-hydrogen) atoms. The highest BCUT2D eigenvalue weighted by atomic mass is 35.5. The fraction of sp³-hybridized carbons (Fsp3) is 0.200. The van der Waals surface area contributed by atoms with Crippen molar-refractivity contribution in [3.05, 3.63) is 58.4 Å². The lowest BCUT2D eigenvalue weighted by Crippen LogP contribution is -2.35. The van der Waals surface area contributed by atoms with Crippen LogP contribution in [0.4, 0.5) is 0 Å². The number of carbonyl (C=O) groups excluding carboxylic acids is 1. The van der Waals surface area contributed by atoms with Gasteiger partial charge in [0.15, 0.2) is 0 Å². The number of carbonyl (C=O) groups is 1. The first kappa shape index (κ1) is 12.9. The monoisotopic (exact) mass is 288 g/mol. The maximum absolute atomic E-state index is 12.4. The molecule has 0 saturated heterocycles. The topological polar surface area (TPSA) is 53.4 Å². The molecule has 0 unspecified atom stereocenters. The summed E-state index contributed by atoms with van der Waals surface area (Å²) in [6.07, 6.45) is 2.28. The van der Waals surface area contributed by atoms with Gasteiger partial charge in [-0.2, -0.15) is 0 Å². The Hall–Kier alpha value is -2.07. The SMILES string of the molecule is O=C(c1ccc(Cl)nc1)N1CCc2ccc(O)cc2C1. The zero-order valence-corrected chi connectivity index (χ0v) is 11.5. The molecular weight excluding hydrogens is 276 g/mol. The standard InChI is InChI=1S/C15H13ClN2O2/c16-14-4-2-11(8-17-14)15(20)18-6-5-10-1-3-13(19)7-12(10)9-18/h1-4,7-8,19H,5-6,9H2. The molecule has 1 aromatic heterocycles. The van der Waals surface area contributed by atoms with Crippen LogP contribution in [0.25, 0.3) is 0 Å². The van der Waals surface area contributed by atoms with Gasteiger partial charge in [0.25, 0.3) is 5.91 Å². The van der Waals surface area contributed by atoms with E-state index in [1.165, 1.54) is 11.8 Å². The molecule has 0 saturated carbocycles. The van der Waals surface area contributed by atoms with Gasteiger partial charge in [0.2, 0.25) is 0 Å². The summed E-state index contributed by atoms with van der Waals surface area (Å²) in [6.45, 7) is 1.17. The van der Waals surface area contributed by atoms with E-state index in [0.717, 1.165) is 12.0 Å². The van der Waals surface area contributed by atoms with Crippen LogP contribution in [-0.4, -0.2) is 27.4 Å². The number of phenolic OH excluding ortho intramolecular Hbond substituents is 1. The molecule has 2 heterocycles. The summed E-state index contributed by atoms with van der Waals surface area (Å²) in [5, 5.41) is 9.90. The number of aromatic hydroxyl groups is 1. The predicted octanol–water partition coefficient (Wildman–Crippen LogP) is 2.64. The van der Waals surface area contributed by atoms with Crippen molar-refractivity contribution in [1.82, 2.24) is 9.88 Å². The molecule has 0 atom stereocenters. The van der Waals surface area contributed by atoms with Crippen molar-refractivity contribution in [3.63, 3.8) is 0 Å². The fourth-order valence-corrected chi connectivity index (χ4v) is 2.51. The molecule has 1 aliphatic heterocycles. The highest BCUT2D eigenvalue weighted by Crippen LogP contribution is 2.24. The van der Waals surface area contributed by atoms with E-state index in [9.17, 15) is 9.90 Å². The second kappa shape index (κ2) is 5.13. The highest BCUT2D eigenvalue weighted by molar-refractivity contribution is 6.29. The molecule has 102 valence electrons. The number of phenols is 1. The zero-order chi connectivity index (χ0) is 14.1. The second-order valence-corrected chi connectivity index (χ2v) is 5.19. The van der Waals surface area contributed by atoms with E-state index >= 15 is 0 Å². The van der Waals surface area contributed by atoms with E-state index in [0.29, 0.717) is 23.8 Å². The van der Waals surface area contributed by atoms with E-state index in [1.54, 1.807) is 29.2 Å². The van der Waals surface area contributed by atoms with Crippen LogP contribution in [0.2, 0.25) is 5.15 Å². The Labute approximate surface area is 121 Å². The van der Waals surface area contributed by atoms with Gasteiger partial charge in [-0.05, 0) is 41.8 Å². The number of benzene rings is 1. The third-order valence-corrected chi connectivity index (χ3v) is 3.69. The zero-order valence-electron chi connectivity index (χ0n) is 10.7. The van der Waals surface area contributed by atoms with Gasteiger partial charge in [0.1, 0.15) is 10.9 Å². The molecule has 0 aliphatic carbocycles. The summed E-state index contributed by atoms with van der Waals surface area (Å²) in [6, 6.07) is 8.60. The minimum Gasteiger partial charge on any atom is -0.508 e. The van der Waals surface area contributed by atoms with E-state index < -0.39 is 0 Å². The molecule has 1 aromatic carbocycles. The Bertz CT molecular complexity index is 655. The second-order valence-electron chi connectivity index (χ2n) is 4.80. The normalized spacial score (nSPS) is 13.9. The van der Waals surface area contributed by atoms with Crippen LogP contribution in [0.1, 0.15) is 21.5 Å². The van der Waals surface area contributed by atoms with Crippen molar-refractivity contribution in [2.24, 2.45) is 0 Å². The van der Waals surface area contributed by atoms with Crippen molar-refractivity contribution in [1.29, 1.82) is 0 Å². The summed E-state index contributed by atoms with van der Waals surface area (Å²) in [4.78, 5) is 18.1. The van der Waals surface area contributed by atoms with Crippen molar-refractivity contribution >= 4 is 17.5 Å². The van der Waals surface area contributed by atoms with E-state index in [1.807, 2.05) is 6.07 Å². The molecule has 0 radical (unpaired) electrons. The average molecular weight is 289 g/mol. The number of pyridine rings is 1. The van der Waals surface area contributed by atoms with Crippen LogP contribution in [0, 0.1) is 0 Å². The van der Waals surface area contributed by atoms with Gasteiger partial charge in [-0.3, -0.25) is 4.79 Å². The average Bonchev–Trinajstić information content (AvgIpc) is 2.46. The van der Waals surface area contributed by atoms with Gasteiger partial charge in [-0.15, -0.1) is 0 Å². The Morgan fingerprint density at radius 2 is 2.10 bits per heavy atom. The Morgan fingerprint density at radius 1 is 1.25 bits per heavy atom. The quantitative estimate of drug-likeness (QED) is 0.821. The highest BCUT2D eigenvalue weighted by Gasteiger charge is 2.22. The molecule has 1 N–H and O–H groups in total. The van der Waals surface area contributed by atoms with Crippen LogP contribution in [0.3, 0.4) is 0 Å². The third kappa shape index (κ3) is 2.47. The minimum atomic E-state index is -0.0665. The third-order valence-electron chi connectivity index (χ3n) is 3.46. The largest absolute Gasteiger partial charge is 0.508 e. The Morgan fingerprint density at radius 3 is 2.85 bits per heavy atom. The number of halogens is 1. The summed E-state index contributed by atoms with van der Waals surface area (Å²) in [5.74, 6) is 0.161. The molecule has 1 aliphatic rings. The maximum Gasteiger partial charge on any atom is 0.255 e. The number of aromatic nitrogens is 1. The first-order valence-corrected chi connectivity index (χ1v) is 6.73. The van der Waals surface area contributed by atoms with Gasteiger partial charge in [0.05, 0.1) is 5.56 Å². The lowest BCUT2D eigenvalue weighted by molar-refractivity contribution is 0.0734. The number of hydrogen-bond donors (Lipinski definition) is 1. The number of amides is 1. The summed E-state index contributed by atoms with van der Waals surface area (Å²) < 4.78 is 0. The molecule has 1 amide bonds. The lowest BCUT2D eigenvalue weighted by atomic mass is 9.99. The van der Waals surface area contributed by atoms with Crippen molar-refractivity contribution < 1.29 is 9.90 Å². The molecule has 4 nitrogen and oxygen atoms in total. The maximum atomic E-state index is 12.4. The van der Waals surface area contributed by atoms with E-state index in [4.69, 9.17) is 11.6 Å². The van der Waals surface area contributed by atoms with Crippen LogP contribution in [0.15, 0.2) is 36.5 Å². The molecule has 0 fully saturated rings. The minimum absolute atomic E-state index is 0.0665. The van der Waals surface area contributed by atoms with E-state index in [-0.39, 0.29) is 11.7 Å². The number of rotatable bonds is 1. The number of nitrogens with zero attached hydrogens (tertiary/aromatic N) is 2. The molecule has 0 bridgehead atoms. The molecule has 5 heteroatoms. The molecule has 3 rings (SSSR count). The molecule has 0 spiro atoms. The van der Waals surface area contributed by atoms with Gasteiger partial charge in [-0.1, -0.05) is 17.7 Å². The van der Waals surface area contributed by atoms with Crippen molar-refractivity contribution in [2.75, 3.05) is 6.54 Å². The van der Waals surface area contributed by atoms with Crippen molar-refractivity contribution in [3.8, 4) is 5.75 Å². The first-order valence-electron chi connectivity index (χ1n) is 6.35. The smallest absolute Gasteiger partial charge is 0.255 e. The van der Waals surface area contributed by atoms with Crippen LogP contribution in [0.5, 0.6) is 5.75 Å². The number of hydrogen-bond acceptors (Lipinski definition) is 3. The van der Waals surface area contributed by atoms with Crippen LogP contribution < -0.4 is 0 Å².